The molecule has 3 heteroatoms. The van der Waals surface area contributed by atoms with Gasteiger partial charge in [-0.05, 0) is 20.3 Å². The molecule has 0 aliphatic carbocycles. The maximum Gasteiger partial charge on any atom is 0.257 e. The van der Waals surface area contributed by atoms with E-state index in [4.69, 9.17) is 6.42 Å². The Morgan fingerprint density at radius 2 is 1.73 bits per heavy atom. The second-order valence-electron chi connectivity index (χ2n) is 3.70. The van der Waals surface area contributed by atoms with Crippen LogP contribution in [0, 0.1) is 12.3 Å². The minimum absolute atomic E-state index is 0.164. The third-order valence-corrected chi connectivity index (χ3v) is 2.83. The molecule has 1 rings (SSSR count). The molecular weight excluding hydrogens is 190 g/mol. The average Bonchev–Trinajstić information content (AvgIpc) is 2.41. The first kappa shape index (κ1) is 11.5. The van der Waals surface area contributed by atoms with Crippen LogP contribution in [0.3, 0.4) is 0 Å². The fourth-order valence-corrected chi connectivity index (χ4v) is 1.66. The molecule has 0 aromatic heterocycles. The van der Waals surface area contributed by atoms with Crippen molar-refractivity contribution < 1.29 is 9.59 Å². The standard InChI is InChI=1S/C12H15NO2/c1-5-7-10(6-2)13-11(14)8(3)9(4)12(13)15/h1,10H,6-7H2,2-4H3. The molecule has 0 aromatic rings. The van der Waals surface area contributed by atoms with Gasteiger partial charge in [-0.15, -0.1) is 12.3 Å². The van der Waals surface area contributed by atoms with Crippen molar-refractivity contribution in [3.05, 3.63) is 11.1 Å². The van der Waals surface area contributed by atoms with E-state index in [0.717, 1.165) is 0 Å². The number of terminal acetylenes is 1. The highest BCUT2D eigenvalue weighted by molar-refractivity contribution is 6.18. The number of imide groups is 1. The van der Waals surface area contributed by atoms with Gasteiger partial charge in [0.25, 0.3) is 11.8 Å². The average molecular weight is 205 g/mol. The van der Waals surface area contributed by atoms with Gasteiger partial charge in [0.15, 0.2) is 0 Å². The fraction of sp³-hybridized carbons (Fsp3) is 0.500. The first-order chi connectivity index (χ1) is 7.04. The van der Waals surface area contributed by atoms with Crippen molar-refractivity contribution in [1.82, 2.24) is 4.90 Å². The molecule has 0 aromatic carbocycles. The van der Waals surface area contributed by atoms with E-state index in [1.54, 1.807) is 13.8 Å². The fourth-order valence-electron chi connectivity index (χ4n) is 1.66. The number of carbonyl (C=O) groups is 2. The number of hydrogen-bond acceptors (Lipinski definition) is 2. The van der Waals surface area contributed by atoms with E-state index in [2.05, 4.69) is 5.92 Å². The van der Waals surface area contributed by atoms with Gasteiger partial charge in [-0.25, -0.2) is 0 Å². The third kappa shape index (κ3) is 1.80. The van der Waals surface area contributed by atoms with Gasteiger partial charge in [-0.1, -0.05) is 6.92 Å². The van der Waals surface area contributed by atoms with E-state index in [0.29, 0.717) is 24.0 Å². The summed E-state index contributed by atoms with van der Waals surface area (Å²) in [5.74, 6) is 2.11. The van der Waals surface area contributed by atoms with Gasteiger partial charge in [0.1, 0.15) is 0 Å². The SMILES string of the molecule is C#CCC(CC)N1C(=O)C(C)=C(C)C1=O. The van der Waals surface area contributed by atoms with Gasteiger partial charge < -0.3 is 0 Å². The second-order valence-corrected chi connectivity index (χ2v) is 3.70. The molecule has 0 saturated heterocycles. The van der Waals surface area contributed by atoms with Crippen LogP contribution < -0.4 is 0 Å². The molecule has 1 unspecified atom stereocenters. The summed E-state index contributed by atoms with van der Waals surface area (Å²) in [6, 6.07) is -0.164. The Bertz CT molecular complexity index is 350. The molecule has 1 aliphatic heterocycles. The van der Waals surface area contributed by atoms with Crippen LogP contribution in [-0.2, 0) is 9.59 Å². The highest BCUT2D eigenvalue weighted by Crippen LogP contribution is 2.24. The summed E-state index contributed by atoms with van der Waals surface area (Å²) in [5, 5.41) is 0. The van der Waals surface area contributed by atoms with Crippen LogP contribution in [0.25, 0.3) is 0 Å². The molecule has 1 atom stereocenters. The molecule has 2 amide bonds. The second kappa shape index (κ2) is 4.31. The van der Waals surface area contributed by atoms with Gasteiger partial charge in [-0.2, -0.15) is 0 Å². The first-order valence-electron chi connectivity index (χ1n) is 5.03. The van der Waals surface area contributed by atoms with Gasteiger partial charge in [0.05, 0.1) is 6.04 Å². The zero-order chi connectivity index (χ0) is 11.6. The minimum Gasteiger partial charge on any atom is -0.271 e. The maximum absolute atomic E-state index is 11.8. The van der Waals surface area contributed by atoms with Crippen molar-refractivity contribution >= 4 is 11.8 Å². The zero-order valence-corrected chi connectivity index (χ0v) is 9.33. The zero-order valence-electron chi connectivity index (χ0n) is 9.33. The molecule has 15 heavy (non-hydrogen) atoms. The van der Waals surface area contributed by atoms with Crippen LogP contribution in [0.15, 0.2) is 11.1 Å². The molecule has 0 bridgehead atoms. The van der Waals surface area contributed by atoms with Crippen LogP contribution in [0.4, 0.5) is 0 Å². The summed E-state index contributed by atoms with van der Waals surface area (Å²) in [4.78, 5) is 24.9. The Morgan fingerprint density at radius 1 is 1.27 bits per heavy atom. The predicted molar refractivity (Wildman–Crippen MR) is 57.8 cm³/mol. The molecule has 1 heterocycles. The van der Waals surface area contributed by atoms with E-state index in [-0.39, 0.29) is 17.9 Å². The number of amides is 2. The van der Waals surface area contributed by atoms with Crippen LogP contribution in [0.2, 0.25) is 0 Å². The molecular formula is C12H15NO2. The van der Waals surface area contributed by atoms with E-state index in [1.807, 2.05) is 6.92 Å². The normalized spacial score (nSPS) is 18.4. The van der Waals surface area contributed by atoms with E-state index in [1.165, 1.54) is 4.90 Å². The lowest BCUT2D eigenvalue weighted by atomic mass is 10.1. The smallest absolute Gasteiger partial charge is 0.257 e. The molecule has 3 nitrogen and oxygen atoms in total. The lowest BCUT2D eigenvalue weighted by Crippen LogP contribution is -2.40. The van der Waals surface area contributed by atoms with Crippen LogP contribution >= 0.6 is 0 Å². The summed E-state index contributed by atoms with van der Waals surface area (Å²) >= 11 is 0. The van der Waals surface area contributed by atoms with Crippen molar-refractivity contribution in [1.29, 1.82) is 0 Å². The Balaban J connectivity index is 2.96. The van der Waals surface area contributed by atoms with E-state index >= 15 is 0 Å². The highest BCUT2D eigenvalue weighted by atomic mass is 16.2. The maximum atomic E-state index is 11.8. The quantitative estimate of drug-likeness (QED) is 0.517. The molecule has 0 N–H and O–H groups in total. The van der Waals surface area contributed by atoms with Gasteiger partial charge in [-0.3, -0.25) is 14.5 Å². The summed E-state index contributed by atoms with van der Waals surface area (Å²) < 4.78 is 0. The van der Waals surface area contributed by atoms with Crippen LogP contribution in [0.1, 0.15) is 33.6 Å². The van der Waals surface area contributed by atoms with Crippen molar-refractivity contribution in [3.8, 4) is 12.3 Å². The van der Waals surface area contributed by atoms with E-state index < -0.39 is 0 Å². The Hall–Kier alpha value is -1.56. The topological polar surface area (TPSA) is 37.4 Å². The van der Waals surface area contributed by atoms with Crippen molar-refractivity contribution in [3.63, 3.8) is 0 Å². The molecule has 80 valence electrons. The number of nitrogens with zero attached hydrogens (tertiary/aromatic N) is 1. The molecule has 0 radical (unpaired) electrons. The lowest BCUT2D eigenvalue weighted by molar-refractivity contribution is -0.140. The monoisotopic (exact) mass is 205 g/mol. The predicted octanol–water partition coefficient (Wildman–Crippen LogP) is 1.49. The van der Waals surface area contributed by atoms with Crippen molar-refractivity contribution in [2.24, 2.45) is 0 Å². The Kier molecular flexibility index (Phi) is 3.31. The van der Waals surface area contributed by atoms with Crippen molar-refractivity contribution in [2.75, 3.05) is 0 Å². The van der Waals surface area contributed by atoms with Crippen LogP contribution in [-0.4, -0.2) is 22.8 Å². The van der Waals surface area contributed by atoms with Gasteiger partial charge in [0.2, 0.25) is 0 Å². The molecule has 0 saturated carbocycles. The molecule has 0 spiro atoms. The summed E-state index contributed by atoms with van der Waals surface area (Å²) in [6.07, 6.45) is 6.34. The van der Waals surface area contributed by atoms with Gasteiger partial charge in [0, 0.05) is 17.6 Å². The van der Waals surface area contributed by atoms with Crippen molar-refractivity contribution in [2.45, 2.75) is 39.7 Å². The molecule has 0 fully saturated rings. The van der Waals surface area contributed by atoms with E-state index in [9.17, 15) is 9.59 Å². The molecule has 1 aliphatic rings. The Morgan fingerprint density at radius 3 is 2.07 bits per heavy atom. The first-order valence-corrected chi connectivity index (χ1v) is 5.03. The minimum atomic E-state index is -0.195. The number of hydrogen-bond donors (Lipinski definition) is 0. The number of carbonyl (C=O) groups excluding carboxylic acids is 2. The largest absolute Gasteiger partial charge is 0.271 e. The third-order valence-electron chi connectivity index (χ3n) is 2.83. The summed E-state index contributed by atoms with van der Waals surface area (Å²) in [5.41, 5.74) is 1.07. The Labute approximate surface area is 90.1 Å². The summed E-state index contributed by atoms with van der Waals surface area (Å²) in [7, 11) is 0. The van der Waals surface area contributed by atoms with Gasteiger partial charge >= 0.3 is 0 Å². The highest BCUT2D eigenvalue weighted by Gasteiger charge is 2.37. The van der Waals surface area contributed by atoms with Crippen LogP contribution in [0.5, 0.6) is 0 Å². The number of rotatable bonds is 3. The lowest BCUT2D eigenvalue weighted by Gasteiger charge is -2.23. The summed E-state index contributed by atoms with van der Waals surface area (Å²) in [6.45, 7) is 5.28.